The Kier molecular flexibility index (Phi) is 4.63. The molecule has 2 rings (SSSR count). The first-order valence-corrected chi connectivity index (χ1v) is 6.36. The predicted octanol–water partition coefficient (Wildman–Crippen LogP) is 1.20. The molecule has 4 nitrogen and oxygen atoms in total. The summed E-state index contributed by atoms with van der Waals surface area (Å²) in [5, 5.41) is 3.20. The number of nitrogens with one attached hydrogen (secondary N) is 1. The molecular formula is C13H20FN3O. The maximum Gasteiger partial charge on any atom is 0.141 e. The molecule has 1 aromatic heterocycles. The molecule has 1 aliphatic rings. The summed E-state index contributed by atoms with van der Waals surface area (Å²) in [4.78, 5) is 6.24. The van der Waals surface area contributed by atoms with Gasteiger partial charge in [-0.2, -0.15) is 0 Å². The van der Waals surface area contributed by atoms with Crippen molar-refractivity contribution in [2.24, 2.45) is 0 Å². The van der Waals surface area contributed by atoms with Crippen molar-refractivity contribution in [3.8, 4) is 0 Å². The van der Waals surface area contributed by atoms with Gasteiger partial charge in [0.15, 0.2) is 0 Å². The molecule has 18 heavy (non-hydrogen) atoms. The summed E-state index contributed by atoms with van der Waals surface area (Å²) < 4.78 is 19.0. The van der Waals surface area contributed by atoms with Gasteiger partial charge in [-0.05, 0) is 25.2 Å². The van der Waals surface area contributed by atoms with Gasteiger partial charge in [0.25, 0.3) is 0 Å². The second kappa shape index (κ2) is 6.22. The fourth-order valence-corrected chi connectivity index (χ4v) is 2.39. The third-order valence-electron chi connectivity index (χ3n) is 3.39. The number of ether oxygens (including phenoxy) is 1. The summed E-state index contributed by atoms with van der Waals surface area (Å²) in [6.45, 7) is 5.70. The van der Waals surface area contributed by atoms with Gasteiger partial charge in [0, 0.05) is 19.3 Å². The van der Waals surface area contributed by atoms with E-state index in [0.717, 1.165) is 31.8 Å². The number of halogens is 1. The molecule has 1 fully saturated rings. The quantitative estimate of drug-likeness (QED) is 0.875. The van der Waals surface area contributed by atoms with Gasteiger partial charge in [-0.3, -0.25) is 9.88 Å². The minimum absolute atomic E-state index is 0.0254. The number of rotatable bonds is 4. The number of morpholine rings is 1. The molecule has 2 heterocycles. The van der Waals surface area contributed by atoms with E-state index < -0.39 is 0 Å². The SMILES string of the molecule is CCN1CCOC(C(NC)c2cncc(F)c2)C1. The van der Waals surface area contributed by atoms with Crippen LogP contribution in [0, 0.1) is 5.82 Å². The first-order chi connectivity index (χ1) is 8.74. The van der Waals surface area contributed by atoms with Crippen LogP contribution in [0.5, 0.6) is 0 Å². The highest BCUT2D eigenvalue weighted by atomic mass is 19.1. The molecule has 0 saturated carbocycles. The molecule has 1 aliphatic heterocycles. The summed E-state index contributed by atoms with van der Waals surface area (Å²) in [6.07, 6.45) is 2.95. The van der Waals surface area contributed by atoms with Crippen LogP contribution in [-0.2, 0) is 4.74 Å². The van der Waals surface area contributed by atoms with Crippen LogP contribution in [0.4, 0.5) is 4.39 Å². The van der Waals surface area contributed by atoms with Crippen molar-refractivity contribution in [2.75, 3.05) is 33.3 Å². The van der Waals surface area contributed by atoms with E-state index in [9.17, 15) is 4.39 Å². The molecule has 0 bridgehead atoms. The lowest BCUT2D eigenvalue weighted by atomic mass is 10.0. The van der Waals surface area contributed by atoms with E-state index in [1.54, 1.807) is 6.20 Å². The van der Waals surface area contributed by atoms with Crippen molar-refractivity contribution in [2.45, 2.75) is 19.1 Å². The largest absolute Gasteiger partial charge is 0.374 e. The van der Waals surface area contributed by atoms with Gasteiger partial charge >= 0.3 is 0 Å². The van der Waals surface area contributed by atoms with E-state index in [2.05, 4.69) is 22.1 Å². The third-order valence-corrected chi connectivity index (χ3v) is 3.39. The zero-order valence-electron chi connectivity index (χ0n) is 10.9. The first-order valence-electron chi connectivity index (χ1n) is 6.36. The number of hydrogen-bond acceptors (Lipinski definition) is 4. The highest BCUT2D eigenvalue weighted by molar-refractivity contribution is 5.17. The molecule has 1 aromatic rings. The lowest BCUT2D eigenvalue weighted by molar-refractivity contribution is -0.0445. The Hall–Kier alpha value is -1.04. The van der Waals surface area contributed by atoms with Crippen LogP contribution in [-0.4, -0.2) is 49.3 Å². The molecule has 0 aliphatic carbocycles. The lowest BCUT2D eigenvalue weighted by Crippen LogP contribution is -2.47. The minimum atomic E-state index is -0.309. The smallest absolute Gasteiger partial charge is 0.141 e. The first kappa shape index (κ1) is 13.4. The minimum Gasteiger partial charge on any atom is -0.374 e. The molecule has 0 amide bonds. The summed E-state index contributed by atoms with van der Waals surface area (Å²) in [6, 6.07) is 1.49. The Balaban J connectivity index is 2.12. The number of nitrogens with zero attached hydrogens (tertiary/aromatic N) is 2. The van der Waals surface area contributed by atoms with Gasteiger partial charge in [0.05, 0.1) is 24.9 Å². The van der Waals surface area contributed by atoms with E-state index >= 15 is 0 Å². The molecule has 1 saturated heterocycles. The lowest BCUT2D eigenvalue weighted by Gasteiger charge is -2.36. The fraction of sp³-hybridized carbons (Fsp3) is 0.615. The monoisotopic (exact) mass is 253 g/mol. The fourth-order valence-electron chi connectivity index (χ4n) is 2.39. The van der Waals surface area contributed by atoms with E-state index in [0.29, 0.717) is 0 Å². The molecule has 0 radical (unpaired) electrons. The van der Waals surface area contributed by atoms with Gasteiger partial charge in [-0.15, -0.1) is 0 Å². The predicted molar refractivity (Wildman–Crippen MR) is 67.8 cm³/mol. The van der Waals surface area contributed by atoms with Gasteiger partial charge in [-0.25, -0.2) is 4.39 Å². The van der Waals surface area contributed by atoms with Crippen LogP contribution >= 0.6 is 0 Å². The summed E-state index contributed by atoms with van der Waals surface area (Å²) >= 11 is 0. The van der Waals surface area contributed by atoms with Crippen molar-refractivity contribution >= 4 is 0 Å². The number of aromatic nitrogens is 1. The van der Waals surface area contributed by atoms with Crippen molar-refractivity contribution in [3.63, 3.8) is 0 Å². The Morgan fingerprint density at radius 3 is 3.11 bits per heavy atom. The number of hydrogen-bond donors (Lipinski definition) is 1. The molecule has 0 aromatic carbocycles. The second-order valence-corrected chi connectivity index (χ2v) is 4.51. The van der Waals surface area contributed by atoms with Gasteiger partial charge in [0.1, 0.15) is 5.82 Å². The van der Waals surface area contributed by atoms with E-state index in [-0.39, 0.29) is 18.0 Å². The molecule has 0 spiro atoms. The summed E-state index contributed by atoms with van der Waals surface area (Å²) in [5.41, 5.74) is 0.834. The van der Waals surface area contributed by atoms with E-state index in [1.807, 2.05) is 7.05 Å². The van der Waals surface area contributed by atoms with Gasteiger partial charge in [-0.1, -0.05) is 6.92 Å². The number of likely N-dealkylation sites (N-methyl/N-ethyl adjacent to an activating group) is 2. The van der Waals surface area contributed by atoms with Crippen molar-refractivity contribution in [1.29, 1.82) is 0 Å². The second-order valence-electron chi connectivity index (χ2n) is 4.51. The van der Waals surface area contributed by atoms with Crippen LogP contribution < -0.4 is 5.32 Å². The topological polar surface area (TPSA) is 37.4 Å². The molecule has 100 valence electrons. The zero-order chi connectivity index (χ0) is 13.0. The maximum atomic E-state index is 13.2. The standard InChI is InChI=1S/C13H20FN3O/c1-3-17-4-5-18-12(9-17)13(15-2)10-6-11(14)8-16-7-10/h6-8,12-13,15H,3-5,9H2,1-2H3. The summed E-state index contributed by atoms with van der Waals surface area (Å²) in [7, 11) is 1.86. The van der Waals surface area contributed by atoms with Crippen molar-refractivity contribution in [1.82, 2.24) is 15.2 Å². The Bertz CT molecular complexity index is 388. The molecule has 1 N–H and O–H groups in total. The van der Waals surface area contributed by atoms with Crippen LogP contribution in [0.25, 0.3) is 0 Å². The average molecular weight is 253 g/mol. The maximum absolute atomic E-state index is 13.2. The Labute approximate surface area is 107 Å². The summed E-state index contributed by atoms with van der Waals surface area (Å²) in [5.74, 6) is -0.309. The zero-order valence-corrected chi connectivity index (χ0v) is 10.9. The molecule has 2 atom stereocenters. The normalized spacial score (nSPS) is 22.9. The highest BCUT2D eigenvalue weighted by Crippen LogP contribution is 2.22. The van der Waals surface area contributed by atoms with Crippen LogP contribution in [0.1, 0.15) is 18.5 Å². The average Bonchev–Trinajstić information content (AvgIpc) is 2.40. The molecule has 2 unspecified atom stereocenters. The van der Waals surface area contributed by atoms with E-state index in [4.69, 9.17) is 4.74 Å². The van der Waals surface area contributed by atoms with Gasteiger partial charge in [0.2, 0.25) is 0 Å². The molecule has 5 heteroatoms. The Morgan fingerprint density at radius 2 is 2.44 bits per heavy atom. The third kappa shape index (κ3) is 3.04. The van der Waals surface area contributed by atoms with Crippen LogP contribution in [0.15, 0.2) is 18.5 Å². The van der Waals surface area contributed by atoms with Crippen molar-refractivity contribution in [3.05, 3.63) is 29.8 Å². The van der Waals surface area contributed by atoms with Gasteiger partial charge < -0.3 is 10.1 Å². The van der Waals surface area contributed by atoms with Crippen molar-refractivity contribution < 1.29 is 9.13 Å². The number of pyridine rings is 1. The van der Waals surface area contributed by atoms with Crippen LogP contribution in [0.2, 0.25) is 0 Å². The van der Waals surface area contributed by atoms with Crippen LogP contribution in [0.3, 0.4) is 0 Å². The highest BCUT2D eigenvalue weighted by Gasteiger charge is 2.28. The molecular weight excluding hydrogens is 233 g/mol. The van der Waals surface area contributed by atoms with E-state index in [1.165, 1.54) is 12.3 Å². The Morgan fingerprint density at radius 1 is 1.61 bits per heavy atom.